The maximum absolute atomic E-state index is 4.59. The third-order valence-electron chi connectivity index (χ3n) is 3.12. The summed E-state index contributed by atoms with van der Waals surface area (Å²) in [6.45, 7) is 10.5. The lowest BCUT2D eigenvalue weighted by atomic mass is 10.2. The first-order valence-electron chi connectivity index (χ1n) is 7.58. The highest BCUT2D eigenvalue weighted by Gasteiger charge is 2.09. The summed E-state index contributed by atoms with van der Waals surface area (Å²) in [7, 11) is 0. The van der Waals surface area contributed by atoms with Crippen LogP contribution in [-0.4, -0.2) is 23.1 Å². The molecule has 108 valence electrons. The molecule has 2 N–H and O–H groups in total. The van der Waals surface area contributed by atoms with E-state index < -0.39 is 0 Å². The number of nitrogens with zero attached hydrogens (tertiary/aromatic N) is 2. The molecule has 0 bridgehead atoms. The zero-order chi connectivity index (χ0) is 14.1. The molecular weight excluding hydrogens is 236 g/mol. The van der Waals surface area contributed by atoms with Gasteiger partial charge in [-0.15, -0.1) is 0 Å². The molecule has 0 aliphatic rings. The van der Waals surface area contributed by atoms with Crippen molar-refractivity contribution in [3.63, 3.8) is 0 Å². The number of hydrogen-bond donors (Lipinski definition) is 2. The minimum Gasteiger partial charge on any atom is -0.370 e. The summed E-state index contributed by atoms with van der Waals surface area (Å²) in [5, 5.41) is 6.84. The van der Waals surface area contributed by atoms with Crippen molar-refractivity contribution in [1.82, 2.24) is 9.97 Å². The summed E-state index contributed by atoms with van der Waals surface area (Å²) in [4.78, 5) is 9.17. The molecule has 0 aromatic carbocycles. The summed E-state index contributed by atoms with van der Waals surface area (Å²) in [5.41, 5.74) is 1.13. The average molecular weight is 264 g/mol. The van der Waals surface area contributed by atoms with Crippen LogP contribution in [0.1, 0.15) is 57.8 Å². The Bertz CT molecular complexity index is 377. The first-order valence-corrected chi connectivity index (χ1v) is 7.58. The van der Waals surface area contributed by atoms with E-state index in [2.05, 4.69) is 48.3 Å². The molecule has 0 saturated carbocycles. The Hall–Kier alpha value is -1.32. The maximum atomic E-state index is 4.59. The minimum absolute atomic E-state index is 0.866. The molecule has 1 heterocycles. The van der Waals surface area contributed by atoms with Gasteiger partial charge in [-0.2, -0.15) is 0 Å². The molecule has 0 radical (unpaired) electrons. The van der Waals surface area contributed by atoms with E-state index in [4.69, 9.17) is 0 Å². The Morgan fingerprint density at radius 3 is 2.00 bits per heavy atom. The Kier molecular flexibility index (Phi) is 7.23. The second-order valence-corrected chi connectivity index (χ2v) is 4.88. The highest BCUT2D eigenvalue weighted by atomic mass is 15.1. The lowest BCUT2D eigenvalue weighted by molar-refractivity contribution is 0.740. The molecule has 0 aliphatic carbocycles. The second kappa shape index (κ2) is 8.73. The van der Waals surface area contributed by atoms with Gasteiger partial charge in [-0.1, -0.05) is 33.6 Å². The SMILES string of the molecule is CCCCCNc1nc(CC)nc(NCCC)c1C. The van der Waals surface area contributed by atoms with Gasteiger partial charge in [0.1, 0.15) is 17.5 Å². The Labute approximate surface area is 117 Å². The quantitative estimate of drug-likeness (QED) is 0.667. The van der Waals surface area contributed by atoms with Gasteiger partial charge in [0, 0.05) is 25.1 Å². The van der Waals surface area contributed by atoms with E-state index in [-0.39, 0.29) is 0 Å². The van der Waals surface area contributed by atoms with Crippen molar-refractivity contribution in [2.24, 2.45) is 0 Å². The van der Waals surface area contributed by atoms with Gasteiger partial charge in [0.05, 0.1) is 0 Å². The van der Waals surface area contributed by atoms with Crippen LogP contribution in [0.5, 0.6) is 0 Å². The highest BCUT2D eigenvalue weighted by Crippen LogP contribution is 2.20. The van der Waals surface area contributed by atoms with Crippen LogP contribution in [0.4, 0.5) is 11.6 Å². The smallest absolute Gasteiger partial charge is 0.134 e. The van der Waals surface area contributed by atoms with Gasteiger partial charge in [0.15, 0.2) is 0 Å². The molecule has 1 rings (SSSR count). The van der Waals surface area contributed by atoms with E-state index in [1.165, 1.54) is 19.3 Å². The van der Waals surface area contributed by atoms with Gasteiger partial charge in [0.2, 0.25) is 0 Å². The molecule has 0 atom stereocenters. The van der Waals surface area contributed by atoms with Crippen LogP contribution in [0.2, 0.25) is 0 Å². The molecule has 0 aliphatic heterocycles. The molecule has 4 heteroatoms. The molecule has 1 aromatic rings. The minimum atomic E-state index is 0.866. The number of rotatable bonds is 9. The van der Waals surface area contributed by atoms with E-state index in [0.717, 1.165) is 49.0 Å². The third kappa shape index (κ3) is 5.05. The molecule has 0 unspecified atom stereocenters. The van der Waals surface area contributed by atoms with Crippen molar-refractivity contribution in [2.45, 2.75) is 59.8 Å². The summed E-state index contributed by atoms with van der Waals surface area (Å²) in [6.07, 6.45) is 5.67. The van der Waals surface area contributed by atoms with Gasteiger partial charge in [-0.25, -0.2) is 9.97 Å². The first kappa shape index (κ1) is 15.7. The lowest BCUT2D eigenvalue weighted by Crippen LogP contribution is -2.12. The van der Waals surface area contributed by atoms with Crippen molar-refractivity contribution >= 4 is 11.6 Å². The first-order chi connectivity index (χ1) is 9.22. The monoisotopic (exact) mass is 264 g/mol. The fourth-order valence-electron chi connectivity index (χ4n) is 1.89. The number of hydrogen-bond acceptors (Lipinski definition) is 4. The number of nitrogens with one attached hydrogen (secondary N) is 2. The summed E-state index contributed by atoms with van der Waals surface area (Å²) in [5.74, 6) is 2.87. The fourth-order valence-corrected chi connectivity index (χ4v) is 1.89. The van der Waals surface area contributed by atoms with E-state index >= 15 is 0 Å². The Morgan fingerprint density at radius 1 is 0.842 bits per heavy atom. The van der Waals surface area contributed by atoms with Gasteiger partial charge < -0.3 is 10.6 Å². The summed E-state index contributed by atoms with van der Waals surface area (Å²) < 4.78 is 0. The second-order valence-electron chi connectivity index (χ2n) is 4.88. The van der Waals surface area contributed by atoms with Gasteiger partial charge in [0.25, 0.3) is 0 Å². The topological polar surface area (TPSA) is 49.8 Å². The van der Waals surface area contributed by atoms with Crippen LogP contribution in [0.25, 0.3) is 0 Å². The number of unbranched alkanes of at least 4 members (excludes halogenated alkanes) is 2. The fraction of sp³-hybridized carbons (Fsp3) is 0.733. The highest BCUT2D eigenvalue weighted by molar-refractivity contribution is 5.57. The number of aryl methyl sites for hydroxylation is 1. The summed E-state index contributed by atoms with van der Waals surface area (Å²) in [6, 6.07) is 0. The normalized spacial score (nSPS) is 10.5. The van der Waals surface area contributed by atoms with Crippen molar-refractivity contribution in [3.05, 3.63) is 11.4 Å². The van der Waals surface area contributed by atoms with Crippen LogP contribution in [-0.2, 0) is 6.42 Å². The molecule has 0 spiro atoms. The van der Waals surface area contributed by atoms with Crippen molar-refractivity contribution in [2.75, 3.05) is 23.7 Å². The largest absolute Gasteiger partial charge is 0.370 e. The van der Waals surface area contributed by atoms with Crippen LogP contribution < -0.4 is 10.6 Å². The summed E-state index contributed by atoms with van der Waals surface area (Å²) >= 11 is 0. The van der Waals surface area contributed by atoms with Crippen molar-refractivity contribution in [3.8, 4) is 0 Å². The molecule has 4 nitrogen and oxygen atoms in total. The van der Waals surface area contributed by atoms with Gasteiger partial charge >= 0.3 is 0 Å². The van der Waals surface area contributed by atoms with Gasteiger partial charge in [-0.3, -0.25) is 0 Å². The predicted molar refractivity (Wildman–Crippen MR) is 82.9 cm³/mol. The molecule has 0 saturated heterocycles. The third-order valence-corrected chi connectivity index (χ3v) is 3.12. The lowest BCUT2D eigenvalue weighted by Gasteiger charge is -2.14. The zero-order valence-corrected chi connectivity index (χ0v) is 12.8. The van der Waals surface area contributed by atoms with Crippen molar-refractivity contribution in [1.29, 1.82) is 0 Å². The molecule has 0 fully saturated rings. The number of aromatic nitrogens is 2. The number of anilines is 2. The molecule has 1 aromatic heterocycles. The van der Waals surface area contributed by atoms with E-state index in [9.17, 15) is 0 Å². The molecule has 19 heavy (non-hydrogen) atoms. The van der Waals surface area contributed by atoms with Crippen LogP contribution in [0.15, 0.2) is 0 Å². The van der Waals surface area contributed by atoms with Crippen molar-refractivity contribution < 1.29 is 0 Å². The van der Waals surface area contributed by atoms with E-state index in [1.54, 1.807) is 0 Å². The van der Waals surface area contributed by atoms with Crippen LogP contribution >= 0.6 is 0 Å². The molecule has 0 amide bonds. The molecular formula is C15H28N4. The zero-order valence-electron chi connectivity index (χ0n) is 12.8. The van der Waals surface area contributed by atoms with E-state index in [1.807, 2.05) is 0 Å². The van der Waals surface area contributed by atoms with Crippen LogP contribution in [0.3, 0.4) is 0 Å². The standard InChI is InChI=1S/C15H28N4/c1-5-8-9-11-17-15-12(4)14(16-10-6-2)18-13(7-3)19-15/h5-11H2,1-4H3,(H2,16,17,18,19). The maximum Gasteiger partial charge on any atom is 0.134 e. The van der Waals surface area contributed by atoms with E-state index in [0.29, 0.717) is 0 Å². The predicted octanol–water partition coefficient (Wildman–Crippen LogP) is 3.77. The van der Waals surface area contributed by atoms with Crippen LogP contribution in [0, 0.1) is 6.92 Å². The Morgan fingerprint density at radius 2 is 1.47 bits per heavy atom. The van der Waals surface area contributed by atoms with Gasteiger partial charge in [-0.05, 0) is 19.8 Å². The average Bonchev–Trinajstić information content (AvgIpc) is 2.43. The Balaban J connectivity index is 2.76.